The topological polar surface area (TPSA) is 17.1 Å². The maximum absolute atomic E-state index is 11.2. The van der Waals surface area contributed by atoms with Crippen molar-refractivity contribution in [2.24, 2.45) is 0 Å². The van der Waals surface area contributed by atoms with Gasteiger partial charge in [-0.25, -0.2) is 0 Å². The third kappa shape index (κ3) is 5.17. The molecule has 2 aromatic heterocycles. The van der Waals surface area contributed by atoms with E-state index in [0.29, 0.717) is 0 Å². The van der Waals surface area contributed by atoms with Gasteiger partial charge in [-0.1, -0.05) is 58.3 Å². The number of carbonyl (C=O) groups is 1. The highest BCUT2D eigenvalue weighted by Gasteiger charge is 2.14. The predicted molar refractivity (Wildman–Crippen MR) is 104 cm³/mol. The third-order valence-electron chi connectivity index (χ3n) is 4.10. The fraction of sp³-hybridized carbons (Fsp3) is 0.611. The highest BCUT2D eigenvalue weighted by Crippen LogP contribution is 2.39. The quantitative estimate of drug-likeness (QED) is 0.280. The van der Waals surface area contributed by atoms with Crippen molar-refractivity contribution in [1.29, 1.82) is 0 Å². The second kappa shape index (κ2) is 9.84. The first-order chi connectivity index (χ1) is 10.8. The first kappa shape index (κ1) is 18.2. The van der Waals surface area contributed by atoms with Crippen LogP contribution in [0.15, 0.2) is 9.85 Å². The van der Waals surface area contributed by atoms with Crippen molar-refractivity contribution in [2.45, 2.75) is 71.1 Å². The molecule has 22 heavy (non-hydrogen) atoms. The predicted octanol–water partition coefficient (Wildman–Crippen LogP) is 7.61. The van der Waals surface area contributed by atoms with Gasteiger partial charge in [0.05, 0.1) is 13.4 Å². The SMILES string of the molecule is CCCCCCCCCCCc1c(C=O)sc2cc(Br)sc12. The van der Waals surface area contributed by atoms with Crippen molar-refractivity contribution in [3.05, 3.63) is 20.3 Å². The molecule has 0 atom stereocenters. The van der Waals surface area contributed by atoms with Crippen LogP contribution in [0.2, 0.25) is 0 Å². The first-order valence-corrected chi connectivity index (χ1v) is 10.8. The molecule has 0 aliphatic heterocycles. The van der Waals surface area contributed by atoms with Gasteiger partial charge in [0.25, 0.3) is 0 Å². The number of hydrogen-bond donors (Lipinski definition) is 0. The van der Waals surface area contributed by atoms with Gasteiger partial charge < -0.3 is 0 Å². The lowest BCUT2D eigenvalue weighted by Crippen LogP contribution is -1.89. The Balaban J connectivity index is 1.71. The molecule has 1 nitrogen and oxygen atoms in total. The van der Waals surface area contributed by atoms with Crippen LogP contribution < -0.4 is 0 Å². The molecule has 0 saturated carbocycles. The van der Waals surface area contributed by atoms with E-state index in [1.165, 1.54) is 76.5 Å². The Morgan fingerprint density at radius 1 is 1.00 bits per heavy atom. The van der Waals surface area contributed by atoms with E-state index in [1.54, 1.807) is 22.7 Å². The van der Waals surface area contributed by atoms with Crippen LogP contribution in [-0.2, 0) is 6.42 Å². The molecule has 0 radical (unpaired) electrons. The van der Waals surface area contributed by atoms with Crippen LogP contribution in [0.1, 0.15) is 79.9 Å². The molecule has 2 aromatic rings. The van der Waals surface area contributed by atoms with Crippen molar-refractivity contribution < 1.29 is 4.79 Å². The lowest BCUT2D eigenvalue weighted by molar-refractivity contribution is 0.112. The molecule has 0 aromatic carbocycles. The van der Waals surface area contributed by atoms with E-state index in [4.69, 9.17) is 0 Å². The van der Waals surface area contributed by atoms with E-state index >= 15 is 0 Å². The van der Waals surface area contributed by atoms with Gasteiger partial charge in [0, 0.05) is 4.70 Å². The zero-order chi connectivity index (χ0) is 15.8. The minimum absolute atomic E-state index is 0.938. The summed E-state index contributed by atoms with van der Waals surface area (Å²) in [4.78, 5) is 12.2. The van der Waals surface area contributed by atoms with Crippen LogP contribution in [-0.4, -0.2) is 6.29 Å². The van der Waals surface area contributed by atoms with E-state index in [0.717, 1.165) is 17.6 Å². The Morgan fingerprint density at radius 3 is 2.27 bits per heavy atom. The zero-order valence-corrected chi connectivity index (χ0v) is 16.5. The summed E-state index contributed by atoms with van der Waals surface area (Å²) < 4.78 is 3.74. The molecular formula is C18H25BrOS2. The van der Waals surface area contributed by atoms with E-state index in [1.807, 2.05) is 0 Å². The molecule has 0 N–H and O–H groups in total. The van der Waals surface area contributed by atoms with Gasteiger partial charge >= 0.3 is 0 Å². The Kier molecular flexibility index (Phi) is 8.12. The fourth-order valence-corrected chi connectivity index (χ4v) is 6.00. The Morgan fingerprint density at radius 2 is 1.64 bits per heavy atom. The monoisotopic (exact) mass is 400 g/mol. The number of thiophene rings is 2. The maximum atomic E-state index is 11.2. The summed E-state index contributed by atoms with van der Waals surface area (Å²) in [7, 11) is 0. The minimum atomic E-state index is 0.938. The van der Waals surface area contributed by atoms with Gasteiger partial charge in [-0.05, 0) is 40.4 Å². The fourth-order valence-electron chi connectivity index (χ4n) is 2.87. The largest absolute Gasteiger partial charge is 0.297 e. The molecule has 0 amide bonds. The van der Waals surface area contributed by atoms with E-state index in [9.17, 15) is 4.79 Å². The van der Waals surface area contributed by atoms with Crippen molar-refractivity contribution >= 4 is 54.3 Å². The van der Waals surface area contributed by atoms with Crippen molar-refractivity contribution in [2.75, 3.05) is 0 Å². The molecule has 2 rings (SSSR count). The molecule has 4 heteroatoms. The van der Waals surface area contributed by atoms with Gasteiger partial charge in [-0.2, -0.15) is 0 Å². The van der Waals surface area contributed by atoms with Gasteiger partial charge in [-0.3, -0.25) is 4.79 Å². The van der Waals surface area contributed by atoms with Crippen LogP contribution in [0.5, 0.6) is 0 Å². The van der Waals surface area contributed by atoms with Crippen LogP contribution in [0.25, 0.3) is 9.40 Å². The summed E-state index contributed by atoms with van der Waals surface area (Å²) in [5.41, 5.74) is 1.29. The molecule has 0 bridgehead atoms. The van der Waals surface area contributed by atoms with Crippen LogP contribution in [0.3, 0.4) is 0 Å². The summed E-state index contributed by atoms with van der Waals surface area (Å²) in [6.45, 7) is 2.27. The average Bonchev–Trinajstić information content (AvgIpc) is 3.02. The molecule has 122 valence electrons. The third-order valence-corrected chi connectivity index (χ3v) is 7.03. The summed E-state index contributed by atoms with van der Waals surface area (Å²) in [5, 5.41) is 0. The number of aryl methyl sites for hydroxylation is 1. The molecule has 0 saturated heterocycles. The van der Waals surface area contributed by atoms with Gasteiger partial charge in [0.15, 0.2) is 6.29 Å². The van der Waals surface area contributed by atoms with Crippen molar-refractivity contribution in [3.63, 3.8) is 0 Å². The van der Waals surface area contributed by atoms with E-state index < -0.39 is 0 Å². The number of unbranched alkanes of at least 4 members (excludes halogenated alkanes) is 8. The zero-order valence-electron chi connectivity index (χ0n) is 13.3. The molecule has 0 fully saturated rings. The Bertz CT molecular complexity index is 585. The molecule has 0 aliphatic carbocycles. The summed E-state index contributed by atoms with van der Waals surface area (Å²) in [6.07, 6.45) is 14.2. The Hall–Kier alpha value is -0.190. The van der Waals surface area contributed by atoms with E-state index in [2.05, 4.69) is 28.9 Å². The van der Waals surface area contributed by atoms with Crippen molar-refractivity contribution in [1.82, 2.24) is 0 Å². The van der Waals surface area contributed by atoms with Crippen LogP contribution in [0, 0.1) is 0 Å². The lowest BCUT2D eigenvalue weighted by Gasteiger charge is -2.02. The highest BCUT2D eigenvalue weighted by molar-refractivity contribution is 9.11. The van der Waals surface area contributed by atoms with E-state index in [-0.39, 0.29) is 0 Å². The smallest absolute Gasteiger partial charge is 0.160 e. The van der Waals surface area contributed by atoms with Gasteiger partial charge in [-0.15, -0.1) is 22.7 Å². The second-order valence-corrected chi connectivity index (χ2v) is 9.40. The average molecular weight is 401 g/mol. The van der Waals surface area contributed by atoms with Gasteiger partial charge in [0.2, 0.25) is 0 Å². The normalized spacial score (nSPS) is 11.4. The number of aldehydes is 1. The minimum Gasteiger partial charge on any atom is -0.297 e. The summed E-state index contributed by atoms with van der Waals surface area (Å²) >= 11 is 6.95. The Labute approximate surface area is 150 Å². The first-order valence-electron chi connectivity index (χ1n) is 8.42. The highest BCUT2D eigenvalue weighted by atomic mass is 79.9. The number of hydrogen-bond acceptors (Lipinski definition) is 3. The standard InChI is InChI=1S/C18H25BrOS2/c1-2-3-4-5-6-7-8-9-10-11-14-16(13-20)21-15-12-17(19)22-18(14)15/h12-13H,2-11H2,1H3. The second-order valence-electron chi connectivity index (χ2n) is 5.89. The van der Waals surface area contributed by atoms with Gasteiger partial charge in [0.1, 0.15) is 0 Å². The van der Waals surface area contributed by atoms with Crippen LogP contribution in [0.4, 0.5) is 0 Å². The molecule has 0 aliphatic rings. The number of carbonyl (C=O) groups excluding carboxylic acids is 1. The number of halogens is 1. The number of rotatable bonds is 11. The molecule has 0 spiro atoms. The number of fused-ring (bicyclic) bond motifs is 1. The molecular weight excluding hydrogens is 376 g/mol. The molecule has 0 unspecified atom stereocenters. The lowest BCUT2D eigenvalue weighted by atomic mass is 10.0. The summed E-state index contributed by atoms with van der Waals surface area (Å²) in [5.74, 6) is 0. The maximum Gasteiger partial charge on any atom is 0.160 e. The molecule has 2 heterocycles. The summed E-state index contributed by atoms with van der Waals surface area (Å²) in [6, 6.07) is 2.14. The van der Waals surface area contributed by atoms with Crippen molar-refractivity contribution in [3.8, 4) is 0 Å². The van der Waals surface area contributed by atoms with Crippen LogP contribution >= 0.6 is 38.6 Å².